The number of aromatic nitrogens is 4. The Morgan fingerprint density at radius 2 is 1.65 bits per heavy atom. The largest absolute Gasteiger partial charge is 0.416 e. The molecule has 0 saturated carbocycles. The van der Waals surface area contributed by atoms with Crippen LogP contribution in [0.4, 0.5) is 22.0 Å². The molecule has 0 fully saturated rings. The van der Waals surface area contributed by atoms with Gasteiger partial charge in [-0.05, 0) is 42.5 Å². The summed E-state index contributed by atoms with van der Waals surface area (Å²) in [5, 5.41) is 8.33. The molecule has 4 nitrogen and oxygen atoms in total. The van der Waals surface area contributed by atoms with Gasteiger partial charge < -0.3 is 0 Å². The Morgan fingerprint density at radius 3 is 2.32 bits per heavy atom. The molecule has 0 N–H and O–H groups in total. The maximum Gasteiger partial charge on any atom is 0.416 e. The van der Waals surface area contributed by atoms with Gasteiger partial charge in [0.15, 0.2) is 11.0 Å². The molecular weight excluding hydrogens is 435 g/mol. The summed E-state index contributed by atoms with van der Waals surface area (Å²) in [6.45, 7) is 0. The molecule has 0 aliphatic heterocycles. The van der Waals surface area contributed by atoms with Gasteiger partial charge in [0.05, 0.1) is 11.3 Å². The maximum atomic E-state index is 14.0. The number of thioether (sulfide) groups is 1. The van der Waals surface area contributed by atoms with Crippen molar-refractivity contribution in [3.05, 3.63) is 89.8 Å². The van der Waals surface area contributed by atoms with Crippen LogP contribution in [0.25, 0.3) is 17.1 Å². The minimum absolute atomic E-state index is 0.122. The first-order chi connectivity index (χ1) is 14.8. The Labute approximate surface area is 177 Å². The summed E-state index contributed by atoms with van der Waals surface area (Å²) in [5.41, 5.74) is -0.313. The smallest absolute Gasteiger partial charge is 0.270 e. The molecule has 0 spiro atoms. The first-order valence-corrected chi connectivity index (χ1v) is 9.92. The summed E-state index contributed by atoms with van der Waals surface area (Å²) in [6, 6.07) is 11.5. The van der Waals surface area contributed by atoms with E-state index in [1.165, 1.54) is 29.0 Å². The van der Waals surface area contributed by atoms with E-state index in [9.17, 15) is 22.0 Å². The van der Waals surface area contributed by atoms with Crippen molar-refractivity contribution in [3.8, 4) is 17.1 Å². The molecule has 0 saturated heterocycles. The van der Waals surface area contributed by atoms with Crippen LogP contribution in [0.2, 0.25) is 0 Å². The molecular formula is C21H13F5N4S. The van der Waals surface area contributed by atoms with Gasteiger partial charge in [0, 0.05) is 29.3 Å². The van der Waals surface area contributed by atoms with Crippen LogP contribution < -0.4 is 0 Å². The third-order valence-electron chi connectivity index (χ3n) is 4.39. The van der Waals surface area contributed by atoms with Crippen molar-refractivity contribution in [3.63, 3.8) is 0 Å². The van der Waals surface area contributed by atoms with Gasteiger partial charge in [-0.25, -0.2) is 8.78 Å². The zero-order valence-electron chi connectivity index (χ0n) is 15.6. The highest BCUT2D eigenvalue weighted by molar-refractivity contribution is 7.98. The third kappa shape index (κ3) is 4.43. The number of halogens is 5. The predicted molar refractivity (Wildman–Crippen MR) is 106 cm³/mol. The Hall–Kier alpha value is -3.27. The number of pyridine rings is 1. The number of benzene rings is 2. The summed E-state index contributed by atoms with van der Waals surface area (Å²) in [4.78, 5) is 4.01. The molecule has 158 valence electrons. The Bertz CT molecular complexity index is 1190. The van der Waals surface area contributed by atoms with Crippen LogP contribution in [0.5, 0.6) is 0 Å². The van der Waals surface area contributed by atoms with Gasteiger partial charge in [0.25, 0.3) is 0 Å². The highest BCUT2D eigenvalue weighted by Crippen LogP contribution is 2.34. The average Bonchev–Trinajstić information content (AvgIpc) is 3.17. The van der Waals surface area contributed by atoms with E-state index in [-0.39, 0.29) is 28.0 Å². The molecule has 0 unspecified atom stereocenters. The topological polar surface area (TPSA) is 43.6 Å². The van der Waals surface area contributed by atoms with Gasteiger partial charge in [0.2, 0.25) is 0 Å². The third-order valence-corrected chi connectivity index (χ3v) is 5.35. The molecule has 2 aromatic carbocycles. The fourth-order valence-electron chi connectivity index (χ4n) is 2.91. The summed E-state index contributed by atoms with van der Waals surface area (Å²) in [7, 11) is 0. The second-order valence-corrected chi connectivity index (χ2v) is 7.36. The molecule has 4 rings (SSSR count). The van der Waals surface area contributed by atoms with E-state index in [1.54, 1.807) is 18.3 Å². The lowest BCUT2D eigenvalue weighted by Gasteiger charge is -2.13. The van der Waals surface area contributed by atoms with E-state index < -0.39 is 23.4 Å². The van der Waals surface area contributed by atoms with Gasteiger partial charge in [-0.2, -0.15) is 13.2 Å². The molecule has 0 aliphatic rings. The summed E-state index contributed by atoms with van der Waals surface area (Å²) < 4.78 is 69.2. The highest BCUT2D eigenvalue weighted by atomic mass is 32.2. The lowest BCUT2D eigenvalue weighted by Crippen LogP contribution is -2.07. The Kier molecular flexibility index (Phi) is 5.73. The lowest BCUT2D eigenvalue weighted by molar-refractivity contribution is -0.137. The SMILES string of the molecule is Fc1cccc(F)c1CSc1nnc(-c2cccnc2)n1-c1cccc(C(F)(F)F)c1. The van der Waals surface area contributed by atoms with Gasteiger partial charge in [-0.1, -0.05) is 23.9 Å². The fourth-order valence-corrected chi connectivity index (χ4v) is 3.88. The van der Waals surface area contributed by atoms with Crippen LogP contribution in [-0.4, -0.2) is 19.7 Å². The first-order valence-electron chi connectivity index (χ1n) is 8.94. The normalized spacial score (nSPS) is 11.6. The molecule has 10 heteroatoms. The first kappa shape index (κ1) is 21.0. The molecule has 4 aromatic rings. The van der Waals surface area contributed by atoms with Crippen molar-refractivity contribution in [1.29, 1.82) is 0 Å². The minimum Gasteiger partial charge on any atom is -0.270 e. The Morgan fingerprint density at radius 1 is 0.903 bits per heavy atom. The number of nitrogens with zero attached hydrogens (tertiary/aromatic N) is 4. The van der Waals surface area contributed by atoms with Crippen molar-refractivity contribution >= 4 is 11.8 Å². The Balaban J connectivity index is 1.79. The van der Waals surface area contributed by atoms with Crippen LogP contribution in [0.3, 0.4) is 0 Å². The zero-order chi connectivity index (χ0) is 22.0. The predicted octanol–water partition coefficient (Wildman–Crippen LogP) is 5.92. The van der Waals surface area contributed by atoms with E-state index >= 15 is 0 Å². The maximum absolute atomic E-state index is 14.0. The van der Waals surface area contributed by atoms with Crippen molar-refractivity contribution in [2.45, 2.75) is 17.1 Å². The van der Waals surface area contributed by atoms with Crippen LogP contribution in [0.1, 0.15) is 11.1 Å². The second-order valence-electron chi connectivity index (χ2n) is 6.42. The van der Waals surface area contributed by atoms with Gasteiger partial charge in [-0.3, -0.25) is 9.55 Å². The van der Waals surface area contributed by atoms with E-state index in [0.29, 0.717) is 5.56 Å². The van der Waals surface area contributed by atoms with Crippen molar-refractivity contribution in [1.82, 2.24) is 19.7 Å². The number of hydrogen-bond acceptors (Lipinski definition) is 4. The molecule has 0 amide bonds. The number of alkyl halides is 3. The van der Waals surface area contributed by atoms with Crippen LogP contribution >= 0.6 is 11.8 Å². The average molecular weight is 448 g/mol. The van der Waals surface area contributed by atoms with E-state index in [2.05, 4.69) is 15.2 Å². The molecule has 0 radical (unpaired) electrons. The second kappa shape index (κ2) is 8.46. The monoisotopic (exact) mass is 448 g/mol. The molecule has 2 aromatic heterocycles. The lowest BCUT2D eigenvalue weighted by atomic mass is 10.2. The zero-order valence-corrected chi connectivity index (χ0v) is 16.5. The molecule has 0 bridgehead atoms. The number of rotatable bonds is 5. The van der Waals surface area contributed by atoms with E-state index in [1.807, 2.05) is 0 Å². The summed E-state index contributed by atoms with van der Waals surface area (Å²) >= 11 is 0.960. The standard InChI is InChI=1S/C21H13F5N4S/c22-17-7-2-8-18(23)16(17)12-31-20-29-28-19(13-4-3-9-27-11-13)30(20)15-6-1-5-14(10-15)21(24,25)26/h1-11H,12H2. The van der Waals surface area contributed by atoms with Crippen molar-refractivity contribution in [2.75, 3.05) is 0 Å². The number of hydrogen-bond donors (Lipinski definition) is 0. The van der Waals surface area contributed by atoms with E-state index in [4.69, 9.17) is 0 Å². The summed E-state index contributed by atoms with van der Waals surface area (Å²) in [5.74, 6) is -1.30. The van der Waals surface area contributed by atoms with Crippen LogP contribution in [-0.2, 0) is 11.9 Å². The summed E-state index contributed by atoms with van der Waals surface area (Å²) in [6.07, 6.45) is -1.49. The van der Waals surface area contributed by atoms with Crippen molar-refractivity contribution in [2.24, 2.45) is 0 Å². The van der Waals surface area contributed by atoms with Crippen LogP contribution in [0.15, 0.2) is 72.1 Å². The van der Waals surface area contributed by atoms with Crippen LogP contribution in [0, 0.1) is 11.6 Å². The van der Waals surface area contributed by atoms with Crippen molar-refractivity contribution < 1.29 is 22.0 Å². The van der Waals surface area contributed by atoms with E-state index in [0.717, 1.165) is 36.0 Å². The van der Waals surface area contributed by atoms with Gasteiger partial charge in [-0.15, -0.1) is 10.2 Å². The fraction of sp³-hybridized carbons (Fsp3) is 0.0952. The van der Waals surface area contributed by atoms with Gasteiger partial charge in [0.1, 0.15) is 11.6 Å². The van der Waals surface area contributed by atoms with Gasteiger partial charge >= 0.3 is 6.18 Å². The molecule has 2 heterocycles. The molecule has 0 atom stereocenters. The highest BCUT2D eigenvalue weighted by Gasteiger charge is 2.31. The minimum atomic E-state index is -4.54. The quantitative estimate of drug-likeness (QED) is 0.281. The molecule has 0 aliphatic carbocycles. The molecule has 31 heavy (non-hydrogen) atoms.